The smallest absolute Gasteiger partial charge is 0.325 e. The second kappa shape index (κ2) is 8.57. The van der Waals surface area contributed by atoms with Crippen LogP contribution in [0.5, 0.6) is 5.75 Å². The molecule has 152 valence electrons. The van der Waals surface area contributed by atoms with Crippen LogP contribution in [0, 0.1) is 0 Å². The van der Waals surface area contributed by atoms with Gasteiger partial charge in [0.25, 0.3) is 5.91 Å². The quantitative estimate of drug-likeness (QED) is 0.538. The summed E-state index contributed by atoms with van der Waals surface area (Å²) >= 11 is 1.50. The molecular formula is C21H23N3O4S. The highest BCUT2D eigenvalue weighted by molar-refractivity contribution is 7.98. The highest BCUT2D eigenvalue weighted by Crippen LogP contribution is 2.33. The molecule has 0 spiro atoms. The molecule has 2 aromatic rings. The summed E-state index contributed by atoms with van der Waals surface area (Å²) in [7, 11) is 1.56. The fourth-order valence-electron chi connectivity index (χ4n) is 3.37. The van der Waals surface area contributed by atoms with E-state index in [2.05, 4.69) is 10.6 Å². The zero-order chi connectivity index (χ0) is 21.0. The van der Waals surface area contributed by atoms with E-state index in [0.717, 1.165) is 9.80 Å². The summed E-state index contributed by atoms with van der Waals surface area (Å²) in [5.41, 5.74) is 0.102. The van der Waals surface area contributed by atoms with Gasteiger partial charge in [0, 0.05) is 4.90 Å². The van der Waals surface area contributed by atoms with Crippen LogP contribution in [0.1, 0.15) is 18.9 Å². The van der Waals surface area contributed by atoms with Gasteiger partial charge in [-0.05, 0) is 42.5 Å². The maximum absolute atomic E-state index is 13.2. The van der Waals surface area contributed by atoms with Gasteiger partial charge in [-0.15, -0.1) is 11.8 Å². The van der Waals surface area contributed by atoms with Gasteiger partial charge in [0.2, 0.25) is 5.91 Å². The van der Waals surface area contributed by atoms with Crippen LogP contribution in [0.4, 0.5) is 10.5 Å². The van der Waals surface area contributed by atoms with Crippen LogP contribution in [0.15, 0.2) is 53.4 Å². The number of anilines is 1. The molecule has 1 heterocycles. The van der Waals surface area contributed by atoms with Crippen molar-refractivity contribution in [3.63, 3.8) is 0 Å². The molecule has 1 saturated heterocycles. The monoisotopic (exact) mass is 413 g/mol. The number of hydrogen-bond acceptors (Lipinski definition) is 5. The first kappa shape index (κ1) is 20.7. The lowest BCUT2D eigenvalue weighted by molar-refractivity contribution is -0.134. The zero-order valence-electron chi connectivity index (χ0n) is 16.5. The third kappa shape index (κ3) is 3.93. The number of imide groups is 1. The van der Waals surface area contributed by atoms with Crippen molar-refractivity contribution in [1.29, 1.82) is 0 Å². The second-order valence-electron chi connectivity index (χ2n) is 6.56. The van der Waals surface area contributed by atoms with Gasteiger partial charge in [-0.25, -0.2) is 4.79 Å². The Labute approximate surface area is 173 Å². The highest BCUT2D eigenvalue weighted by Gasteiger charge is 2.51. The third-order valence-corrected chi connectivity index (χ3v) is 5.77. The van der Waals surface area contributed by atoms with E-state index in [0.29, 0.717) is 23.4 Å². The second-order valence-corrected chi connectivity index (χ2v) is 7.41. The van der Waals surface area contributed by atoms with Crippen molar-refractivity contribution in [3.8, 4) is 5.75 Å². The number of thioether (sulfide) groups is 1. The van der Waals surface area contributed by atoms with Crippen LogP contribution in [0.25, 0.3) is 0 Å². The molecule has 2 N–H and O–H groups in total. The Morgan fingerprint density at radius 2 is 1.86 bits per heavy atom. The number of benzene rings is 2. The highest BCUT2D eigenvalue weighted by atomic mass is 32.2. The molecule has 1 fully saturated rings. The number of hydrogen-bond donors (Lipinski definition) is 2. The molecule has 0 unspecified atom stereocenters. The van der Waals surface area contributed by atoms with Crippen molar-refractivity contribution in [2.24, 2.45) is 0 Å². The predicted molar refractivity (Wildman–Crippen MR) is 112 cm³/mol. The maximum Gasteiger partial charge on any atom is 0.325 e. The van der Waals surface area contributed by atoms with Gasteiger partial charge < -0.3 is 15.4 Å². The number of nitrogens with one attached hydrogen (secondary N) is 2. The molecule has 7 nitrogen and oxygen atoms in total. The molecule has 3 rings (SSSR count). The van der Waals surface area contributed by atoms with E-state index in [1.54, 1.807) is 37.4 Å². The van der Waals surface area contributed by atoms with E-state index in [-0.39, 0.29) is 6.54 Å². The first-order valence-electron chi connectivity index (χ1n) is 9.16. The van der Waals surface area contributed by atoms with Crippen LogP contribution < -0.4 is 15.4 Å². The van der Waals surface area contributed by atoms with Gasteiger partial charge in [0.15, 0.2) is 0 Å². The fraction of sp³-hybridized carbons (Fsp3) is 0.286. The van der Waals surface area contributed by atoms with E-state index >= 15 is 0 Å². The minimum atomic E-state index is -1.19. The molecule has 1 aliphatic heterocycles. The Hall–Kier alpha value is -3.00. The van der Waals surface area contributed by atoms with E-state index in [4.69, 9.17) is 4.74 Å². The Kier molecular flexibility index (Phi) is 6.12. The van der Waals surface area contributed by atoms with Crippen molar-refractivity contribution >= 4 is 35.3 Å². The minimum Gasteiger partial charge on any atom is -0.497 e. The summed E-state index contributed by atoms with van der Waals surface area (Å²) < 4.78 is 5.16. The first-order chi connectivity index (χ1) is 13.9. The van der Waals surface area contributed by atoms with Gasteiger partial charge in [0.1, 0.15) is 17.8 Å². The summed E-state index contributed by atoms with van der Waals surface area (Å²) in [4.78, 5) is 40.1. The molecule has 0 saturated carbocycles. The van der Waals surface area contributed by atoms with Crippen molar-refractivity contribution in [3.05, 3.63) is 54.1 Å². The molecule has 0 aliphatic carbocycles. The average Bonchev–Trinajstić information content (AvgIpc) is 2.99. The van der Waals surface area contributed by atoms with E-state index in [9.17, 15) is 14.4 Å². The molecule has 0 aromatic heterocycles. The maximum atomic E-state index is 13.2. The fourth-order valence-corrected chi connectivity index (χ4v) is 3.92. The van der Waals surface area contributed by atoms with Crippen LogP contribution in [-0.4, -0.2) is 42.7 Å². The zero-order valence-corrected chi connectivity index (χ0v) is 17.3. The topological polar surface area (TPSA) is 87.7 Å². The Morgan fingerprint density at radius 3 is 2.48 bits per heavy atom. The Bertz CT molecular complexity index is 932. The summed E-state index contributed by atoms with van der Waals surface area (Å²) in [5, 5.41) is 5.55. The third-order valence-electron chi connectivity index (χ3n) is 4.97. The SMILES string of the molecule is CC[C@@]1(c2ccc(OC)cc2)NC(=O)N(CC(=O)Nc2ccccc2SC)C1=O. The minimum absolute atomic E-state index is 0.356. The molecule has 29 heavy (non-hydrogen) atoms. The summed E-state index contributed by atoms with van der Waals surface area (Å²) in [6, 6.07) is 13.8. The average molecular weight is 413 g/mol. The molecule has 2 aromatic carbocycles. The standard InChI is InChI=1S/C21H23N3O4S/c1-4-21(14-9-11-15(28-2)12-10-14)19(26)24(20(27)23-21)13-18(25)22-16-7-5-6-8-17(16)29-3/h5-12H,4,13H2,1-3H3,(H,22,25)(H,23,27)/t21-/m0/s1. The summed E-state index contributed by atoms with van der Waals surface area (Å²) in [5.74, 6) is -0.222. The lowest BCUT2D eigenvalue weighted by Gasteiger charge is -2.26. The molecule has 4 amide bonds. The molecule has 0 bridgehead atoms. The normalized spacial score (nSPS) is 18.5. The number of methoxy groups -OCH3 is 1. The van der Waals surface area contributed by atoms with Gasteiger partial charge in [-0.2, -0.15) is 0 Å². The van der Waals surface area contributed by atoms with Gasteiger partial charge >= 0.3 is 6.03 Å². The van der Waals surface area contributed by atoms with Crippen LogP contribution >= 0.6 is 11.8 Å². The van der Waals surface area contributed by atoms with Crippen molar-refractivity contribution in [2.45, 2.75) is 23.8 Å². The number of carbonyl (C=O) groups excluding carboxylic acids is 3. The number of nitrogens with zero attached hydrogens (tertiary/aromatic N) is 1. The number of ether oxygens (including phenoxy) is 1. The lowest BCUT2D eigenvalue weighted by atomic mass is 9.87. The van der Waals surface area contributed by atoms with Crippen molar-refractivity contribution in [2.75, 3.05) is 25.2 Å². The van der Waals surface area contributed by atoms with Gasteiger partial charge in [0.05, 0.1) is 12.8 Å². The predicted octanol–water partition coefficient (Wildman–Crippen LogP) is 3.21. The van der Waals surface area contributed by atoms with Crippen LogP contribution in [0.3, 0.4) is 0 Å². The van der Waals surface area contributed by atoms with E-state index in [1.165, 1.54) is 11.8 Å². The largest absolute Gasteiger partial charge is 0.497 e. The molecular weight excluding hydrogens is 390 g/mol. The Balaban J connectivity index is 1.79. The summed E-state index contributed by atoms with van der Waals surface area (Å²) in [6.45, 7) is 1.46. The number of carbonyl (C=O) groups is 3. The van der Waals surface area contributed by atoms with Crippen molar-refractivity contribution < 1.29 is 19.1 Å². The number of amides is 4. The molecule has 0 radical (unpaired) electrons. The number of urea groups is 1. The number of rotatable bonds is 7. The van der Waals surface area contributed by atoms with Gasteiger partial charge in [-0.1, -0.05) is 31.2 Å². The molecule has 8 heteroatoms. The molecule has 1 atom stereocenters. The van der Waals surface area contributed by atoms with Crippen LogP contribution in [0.2, 0.25) is 0 Å². The molecule has 1 aliphatic rings. The van der Waals surface area contributed by atoms with E-state index < -0.39 is 23.4 Å². The van der Waals surface area contributed by atoms with Crippen LogP contribution in [-0.2, 0) is 15.1 Å². The van der Waals surface area contributed by atoms with Crippen molar-refractivity contribution in [1.82, 2.24) is 10.2 Å². The number of para-hydroxylation sites is 1. The summed E-state index contributed by atoms with van der Waals surface area (Å²) in [6.07, 6.45) is 2.27. The van der Waals surface area contributed by atoms with Gasteiger partial charge in [-0.3, -0.25) is 14.5 Å². The Morgan fingerprint density at radius 1 is 1.17 bits per heavy atom. The first-order valence-corrected chi connectivity index (χ1v) is 10.4. The van der Waals surface area contributed by atoms with E-state index in [1.807, 2.05) is 31.4 Å². The lowest BCUT2D eigenvalue weighted by Crippen LogP contribution is -2.44.